The quantitative estimate of drug-likeness (QED) is 0.452. The Bertz CT molecular complexity index is 1150. The van der Waals surface area contributed by atoms with Crippen LogP contribution in [0.4, 0.5) is 0 Å². The van der Waals surface area contributed by atoms with Gasteiger partial charge in [0.05, 0.1) is 11.2 Å². The van der Waals surface area contributed by atoms with Crippen LogP contribution in [-0.2, 0) is 4.74 Å². The maximum absolute atomic E-state index is 7.35. The molecule has 186 valence electrons. The Hall–Kier alpha value is -1.97. The number of nitrogens with zero attached hydrogens (tertiary/aromatic N) is 1. The SMILES string of the molecule is CCC(CC[C@@H]1CCC=C2C=C3CC[C@@H](NC(C)C)C[C@]34CC[C@@]21O4)c1ccc2ccncc2c1. The molecule has 3 heterocycles. The van der Waals surface area contributed by atoms with E-state index < -0.39 is 0 Å². The van der Waals surface area contributed by atoms with Crippen LogP contribution in [0.5, 0.6) is 0 Å². The Kier molecular flexibility index (Phi) is 6.13. The van der Waals surface area contributed by atoms with Crippen LogP contribution in [0.1, 0.15) is 96.5 Å². The number of hydrogen-bond donors (Lipinski definition) is 1. The topological polar surface area (TPSA) is 34.1 Å². The van der Waals surface area contributed by atoms with E-state index in [-0.39, 0.29) is 11.2 Å². The molecule has 1 aromatic heterocycles. The molecule has 2 bridgehead atoms. The number of allylic oxidation sites excluding steroid dienone is 1. The zero-order valence-corrected chi connectivity index (χ0v) is 21.9. The van der Waals surface area contributed by atoms with Gasteiger partial charge in [0, 0.05) is 29.9 Å². The van der Waals surface area contributed by atoms with Gasteiger partial charge in [-0.3, -0.25) is 4.98 Å². The lowest BCUT2D eigenvalue weighted by molar-refractivity contribution is -0.118. The number of pyridine rings is 1. The number of nitrogens with one attached hydrogen (secondary N) is 1. The monoisotopic (exact) mass is 470 g/mol. The summed E-state index contributed by atoms with van der Waals surface area (Å²) in [6.07, 6.45) is 21.2. The molecule has 2 aliphatic heterocycles. The highest BCUT2D eigenvalue weighted by Gasteiger charge is 2.60. The summed E-state index contributed by atoms with van der Waals surface area (Å²) in [6, 6.07) is 10.2. The van der Waals surface area contributed by atoms with E-state index in [1.807, 2.05) is 12.4 Å². The van der Waals surface area contributed by atoms with Crippen molar-refractivity contribution in [3.05, 3.63) is 65.5 Å². The second-order valence-corrected chi connectivity index (χ2v) is 12.0. The summed E-state index contributed by atoms with van der Waals surface area (Å²) >= 11 is 0. The van der Waals surface area contributed by atoms with E-state index in [4.69, 9.17) is 4.74 Å². The van der Waals surface area contributed by atoms with Gasteiger partial charge in [-0.25, -0.2) is 0 Å². The van der Waals surface area contributed by atoms with E-state index >= 15 is 0 Å². The van der Waals surface area contributed by atoms with E-state index in [9.17, 15) is 0 Å². The van der Waals surface area contributed by atoms with Gasteiger partial charge in [-0.15, -0.1) is 0 Å². The molecule has 1 saturated heterocycles. The van der Waals surface area contributed by atoms with Gasteiger partial charge in [0.1, 0.15) is 0 Å². The molecule has 2 aliphatic carbocycles. The van der Waals surface area contributed by atoms with Gasteiger partial charge >= 0.3 is 0 Å². The molecule has 1 saturated carbocycles. The van der Waals surface area contributed by atoms with Crippen molar-refractivity contribution in [3.63, 3.8) is 0 Å². The van der Waals surface area contributed by atoms with Gasteiger partial charge in [-0.05, 0) is 110 Å². The van der Waals surface area contributed by atoms with Crippen molar-refractivity contribution in [1.82, 2.24) is 10.3 Å². The van der Waals surface area contributed by atoms with Crippen molar-refractivity contribution in [2.45, 2.75) is 114 Å². The predicted octanol–water partition coefficient (Wildman–Crippen LogP) is 7.62. The van der Waals surface area contributed by atoms with E-state index in [0.717, 1.165) is 6.42 Å². The third-order valence-corrected chi connectivity index (χ3v) is 9.62. The molecule has 5 atom stereocenters. The molecule has 2 spiro atoms. The summed E-state index contributed by atoms with van der Waals surface area (Å²) in [7, 11) is 0. The molecule has 6 rings (SSSR count). The molecule has 1 N–H and O–H groups in total. The lowest BCUT2D eigenvalue weighted by Crippen LogP contribution is -2.52. The minimum absolute atomic E-state index is 0.00671. The molecular formula is C32H42N2O. The molecule has 3 nitrogen and oxygen atoms in total. The van der Waals surface area contributed by atoms with Gasteiger partial charge in [0.15, 0.2) is 0 Å². The number of hydrogen-bond acceptors (Lipinski definition) is 3. The molecule has 3 heteroatoms. The second kappa shape index (κ2) is 9.16. The molecule has 1 unspecified atom stereocenters. The summed E-state index contributed by atoms with van der Waals surface area (Å²) in [6.45, 7) is 6.90. The molecule has 2 aromatic rings. The van der Waals surface area contributed by atoms with Crippen LogP contribution in [0.2, 0.25) is 0 Å². The summed E-state index contributed by atoms with van der Waals surface area (Å²) in [4.78, 5) is 4.35. The van der Waals surface area contributed by atoms with E-state index in [2.05, 4.69) is 67.5 Å². The van der Waals surface area contributed by atoms with Crippen LogP contribution in [0.3, 0.4) is 0 Å². The van der Waals surface area contributed by atoms with Gasteiger partial charge in [-0.2, -0.15) is 0 Å². The predicted molar refractivity (Wildman–Crippen MR) is 145 cm³/mol. The Morgan fingerprint density at radius 2 is 2.06 bits per heavy atom. The average Bonchev–Trinajstić information content (AvgIpc) is 3.16. The first-order valence-corrected chi connectivity index (χ1v) is 14.2. The summed E-state index contributed by atoms with van der Waals surface area (Å²) in [5, 5.41) is 6.37. The van der Waals surface area contributed by atoms with Crippen LogP contribution >= 0.6 is 0 Å². The highest BCUT2D eigenvalue weighted by Crippen LogP contribution is 2.60. The number of rotatable bonds is 7. The third kappa shape index (κ3) is 4.09. The van der Waals surface area contributed by atoms with Crippen molar-refractivity contribution in [3.8, 4) is 0 Å². The van der Waals surface area contributed by atoms with Crippen molar-refractivity contribution >= 4 is 10.8 Å². The van der Waals surface area contributed by atoms with Crippen LogP contribution in [0.25, 0.3) is 10.8 Å². The van der Waals surface area contributed by atoms with E-state index in [1.54, 1.807) is 5.57 Å². The maximum Gasteiger partial charge on any atom is 0.0969 e. The van der Waals surface area contributed by atoms with E-state index in [0.29, 0.717) is 23.9 Å². The molecule has 0 amide bonds. The fraction of sp³-hybridized carbons (Fsp3) is 0.594. The lowest BCUT2D eigenvalue weighted by Gasteiger charge is -2.50. The number of benzene rings is 1. The lowest BCUT2D eigenvalue weighted by atomic mass is 9.69. The van der Waals surface area contributed by atoms with Crippen LogP contribution in [0, 0.1) is 5.92 Å². The third-order valence-electron chi connectivity index (χ3n) is 9.62. The van der Waals surface area contributed by atoms with Crippen molar-refractivity contribution in [2.24, 2.45) is 5.92 Å². The first-order chi connectivity index (χ1) is 17.0. The molecule has 2 fully saturated rings. The van der Waals surface area contributed by atoms with Crippen LogP contribution < -0.4 is 5.32 Å². The number of ether oxygens (including phenoxy) is 1. The van der Waals surface area contributed by atoms with Crippen molar-refractivity contribution < 1.29 is 4.74 Å². The molecular weight excluding hydrogens is 428 g/mol. The Morgan fingerprint density at radius 3 is 2.91 bits per heavy atom. The average molecular weight is 471 g/mol. The first kappa shape index (κ1) is 23.4. The number of fused-ring (bicyclic) bond motifs is 1. The van der Waals surface area contributed by atoms with Gasteiger partial charge in [0.2, 0.25) is 0 Å². The minimum Gasteiger partial charge on any atom is -0.359 e. The molecule has 0 radical (unpaired) electrons. The van der Waals surface area contributed by atoms with Gasteiger partial charge < -0.3 is 10.1 Å². The van der Waals surface area contributed by atoms with Crippen LogP contribution in [0.15, 0.2) is 60.0 Å². The first-order valence-electron chi connectivity index (χ1n) is 14.2. The highest BCUT2D eigenvalue weighted by molar-refractivity contribution is 5.82. The minimum atomic E-state index is -0.0347. The fourth-order valence-electron chi connectivity index (χ4n) is 7.90. The standard InChI is InChI=1S/C32H42N2O/c1-4-23(25-9-8-24-14-17-33-21-26(24)18-25)10-11-27-6-5-7-29-19-28-12-13-30(34-22(2)3)20-31(28)15-16-32(27,29)35-31/h7-9,14,17-19,21-23,27,30,34H,4-6,10-13,15-16,20H2,1-3H3/t23?,27-,30+,31+,32-/m0/s1. The van der Waals surface area contributed by atoms with Crippen molar-refractivity contribution in [1.29, 1.82) is 0 Å². The Balaban J connectivity index is 1.21. The van der Waals surface area contributed by atoms with Gasteiger partial charge in [0.25, 0.3) is 0 Å². The van der Waals surface area contributed by atoms with Crippen LogP contribution in [-0.4, -0.2) is 28.3 Å². The normalized spacial score (nSPS) is 32.7. The number of aromatic nitrogens is 1. The zero-order chi connectivity index (χ0) is 24.0. The Morgan fingerprint density at radius 1 is 1.14 bits per heavy atom. The smallest absolute Gasteiger partial charge is 0.0969 e. The fourth-order valence-corrected chi connectivity index (χ4v) is 7.90. The van der Waals surface area contributed by atoms with Gasteiger partial charge in [-0.1, -0.05) is 45.1 Å². The highest BCUT2D eigenvalue weighted by atomic mass is 16.5. The second-order valence-electron chi connectivity index (χ2n) is 12.0. The van der Waals surface area contributed by atoms with E-state index in [1.165, 1.54) is 79.7 Å². The Labute approximate surface area is 211 Å². The molecule has 35 heavy (non-hydrogen) atoms. The summed E-state index contributed by atoms with van der Waals surface area (Å²) < 4.78 is 7.35. The zero-order valence-electron chi connectivity index (χ0n) is 21.9. The molecule has 4 aliphatic rings. The summed E-state index contributed by atoms with van der Waals surface area (Å²) in [5.74, 6) is 1.24. The van der Waals surface area contributed by atoms with Crippen molar-refractivity contribution in [2.75, 3.05) is 0 Å². The molecule has 1 aromatic carbocycles. The summed E-state index contributed by atoms with van der Waals surface area (Å²) in [5.41, 5.74) is 4.55. The maximum atomic E-state index is 7.35. The largest absolute Gasteiger partial charge is 0.359 e.